The molecule has 0 aliphatic carbocycles. The molecule has 0 spiro atoms. The lowest BCUT2D eigenvalue weighted by atomic mass is 10.2. The molecule has 10 heavy (non-hydrogen) atoms. The van der Waals surface area contributed by atoms with Crippen LogP contribution in [-0.4, -0.2) is 52.6 Å². The van der Waals surface area contributed by atoms with Crippen molar-refractivity contribution in [2.75, 3.05) is 20.0 Å². The molecule has 4 N–H and O–H groups in total. The maximum atomic E-state index is 8.80. The third kappa shape index (κ3) is 3.09. The topological polar surface area (TPSA) is 90.2 Å². The molecule has 0 aromatic heterocycles. The van der Waals surface area contributed by atoms with Gasteiger partial charge in [0, 0.05) is 0 Å². The van der Waals surface area contributed by atoms with E-state index in [4.69, 9.17) is 20.4 Å². The normalized spacial score (nSPS) is 16.8. The Morgan fingerprint density at radius 3 is 2.00 bits per heavy atom. The van der Waals surface area contributed by atoms with Gasteiger partial charge in [-0.1, -0.05) is 0 Å². The van der Waals surface area contributed by atoms with Crippen LogP contribution in [-0.2, 0) is 4.74 Å². The zero-order valence-corrected chi connectivity index (χ0v) is 5.47. The monoisotopic (exact) mass is 152 g/mol. The average molecular weight is 152 g/mol. The molecule has 0 bridgehead atoms. The molecule has 0 saturated heterocycles. The second kappa shape index (κ2) is 5.57. The minimum absolute atomic E-state index is 0.428. The van der Waals surface area contributed by atoms with Crippen LogP contribution < -0.4 is 0 Å². The van der Waals surface area contributed by atoms with E-state index in [0.717, 1.165) is 0 Å². The first-order valence-electron chi connectivity index (χ1n) is 2.88. The van der Waals surface area contributed by atoms with Crippen LogP contribution in [0.1, 0.15) is 0 Å². The smallest absolute Gasteiger partial charge is 0.144 e. The number of rotatable bonds is 5. The standard InChI is InChI=1S/C5H12O5/c6-1-4(9)5(2-7)10-3-8/h4-9H,1-3H2/t4-,5+/m1/s1. The van der Waals surface area contributed by atoms with Crippen molar-refractivity contribution in [1.82, 2.24) is 0 Å². The summed E-state index contributed by atoms with van der Waals surface area (Å²) in [4.78, 5) is 0. The summed E-state index contributed by atoms with van der Waals surface area (Å²) in [7, 11) is 0. The lowest BCUT2D eigenvalue weighted by Gasteiger charge is -2.17. The fraction of sp³-hybridized carbons (Fsp3) is 1.00. The highest BCUT2D eigenvalue weighted by Crippen LogP contribution is 1.96. The van der Waals surface area contributed by atoms with Gasteiger partial charge in [-0.3, -0.25) is 0 Å². The molecule has 5 heteroatoms. The molecule has 2 atom stereocenters. The second-order valence-electron chi connectivity index (χ2n) is 1.77. The van der Waals surface area contributed by atoms with Crippen LogP contribution >= 0.6 is 0 Å². The van der Waals surface area contributed by atoms with E-state index in [2.05, 4.69) is 4.74 Å². The number of aliphatic hydroxyl groups excluding tert-OH is 4. The molecule has 0 aliphatic heterocycles. The lowest BCUT2D eigenvalue weighted by molar-refractivity contribution is -0.124. The molecule has 0 rings (SSSR count). The van der Waals surface area contributed by atoms with Crippen LogP contribution in [0.3, 0.4) is 0 Å². The van der Waals surface area contributed by atoms with Crippen LogP contribution in [0.25, 0.3) is 0 Å². The van der Waals surface area contributed by atoms with Crippen LogP contribution in [0.4, 0.5) is 0 Å². The summed E-state index contributed by atoms with van der Waals surface area (Å²) in [5, 5.41) is 33.8. The zero-order valence-electron chi connectivity index (χ0n) is 5.47. The van der Waals surface area contributed by atoms with Crippen molar-refractivity contribution < 1.29 is 25.2 Å². The van der Waals surface area contributed by atoms with Gasteiger partial charge in [0.25, 0.3) is 0 Å². The summed E-state index contributed by atoms with van der Waals surface area (Å²) in [5.74, 6) is 0. The van der Waals surface area contributed by atoms with E-state index in [9.17, 15) is 0 Å². The predicted molar refractivity (Wildman–Crippen MR) is 32.1 cm³/mol. The van der Waals surface area contributed by atoms with E-state index in [1.165, 1.54) is 0 Å². The SMILES string of the molecule is OCO[C@@H](CO)[C@H](O)CO. The summed E-state index contributed by atoms with van der Waals surface area (Å²) < 4.78 is 4.44. The van der Waals surface area contributed by atoms with Crippen molar-refractivity contribution in [2.24, 2.45) is 0 Å². The van der Waals surface area contributed by atoms with Gasteiger partial charge in [0.05, 0.1) is 13.2 Å². The van der Waals surface area contributed by atoms with E-state index in [0.29, 0.717) is 0 Å². The Kier molecular flexibility index (Phi) is 5.46. The third-order valence-electron chi connectivity index (χ3n) is 1.08. The third-order valence-corrected chi connectivity index (χ3v) is 1.08. The Morgan fingerprint density at radius 2 is 1.70 bits per heavy atom. The molecule has 0 aliphatic rings. The maximum Gasteiger partial charge on any atom is 0.144 e. The molecule has 62 valence electrons. The van der Waals surface area contributed by atoms with Crippen molar-refractivity contribution in [3.05, 3.63) is 0 Å². The minimum Gasteiger partial charge on any atom is -0.394 e. The summed E-state index contributed by atoms with van der Waals surface area (Å²) >= 11 is 0. The van der Waals surface area contributed by atoms with Crippen LogP contribution in [0, 0.1) is 0 Å². The highest BCUT2D eigenvalue weighted by molar-refractivity contribution is 4.65. The average Bonchev–Trinajstić information content (AvgIpc) is 1.99. The molecule has 0 unspecified atom stereocenters. The summed E-state index contributed by atoms with van der Waals surface area (Å²) in [6, 6.07) is 0. The van der Waals surface area contributed by atoms with Crippen LogP contribution in [0.15, 0.2) is 0 Å². The molecule has 0 heterocycles. The maximum absolute atomic E-state index is 8.80. The molecular formula is C5H12O5. The number of hydrogen-bond donors (Lipinski definition) is 4. The van der Waals surface area contributed by atoms with Crippen LogP contribution in [0.5, 0.6) is 0 Å². The van der Waals surface area contributed by atoms with E-state index < -0.39 is 32.2 Å². The van der Waals surface area contributed by atoms with Crippen molar-refractivity contribution in [3.63, 3.8) is 0 Å². The van der Waals surface area contributed by atoms with Gasteiger partial charge >= 0.3 is 0 Å². The molecule has 0 radical (unpaired) electrons. The largest absolute Gasteiger partial charge is 0.394 e. The molecular weight excluding hydrogens is 140 g/mol. The summed E-state index contributed by atoms with van der Waals surface area (Å²) in [5.41, 5.74) is 0. The number of aliphatic hydroxyl groups is 4. The van der Waals surface area contributed by atoms with Gasteiger partial charge in [-0.15, -0.1) is 0 Å². The Hall–Kier alpha value is -0.200. The van der Waals surface area contributed by atoms with Gasteiger partial charge in [-0.2, -0.15) is 0 Å². The molecule has 0 aromatic carbocycles. The van der Waals surface area contributed by atoms with Crippen molar-refractivity contribution in [2.45, 2.75) is 12.2 Å². The van der Waals surface area contributed by atoms with E-state index >= 15 is 0 Å². The molecule has 5 nitrogen and oxygen atoms in total. The lowest BCUT2D eigenvalue weighted by Crippen LogP contribution is -2.35. The first-order chi connectivity index (χ1) is 4.76. The highest BCUT2D eigenvalue weighted by atomic mass is 16.6. The summed E-state index contributed by atoms with van der Waals surface area (Å²) in [6.07, 6.45) is -2.05. The second-order valence-corrected chi connectivity index (χ2v) is 1.77. The van der Waals surface area contributed by atoms with Gasteiger partial charge in [-0.05, 0) is 0 Å². The fourth-order valence-electron chi connectivity index (χ4n) is 0.499. The highest BCUT2D eigenvalue weighted by Gasteiger charge is 2.17. The van der Waals surface area contributed by atoms with Gasteiger partial charge in [0.1, 0.15) is 19.0 Å². The minimum atomic E-state index is -1.14. The van der Waals surface area contributed by atoms with Gasteiger partial charge in [0.2, 0.25) is 0 Å². The van der Waals surface area contributed by atoms with Gasteiger partial charge in [0.15, 0.2) is 0 Å². The Labute approximate surface area is 58.5 Å². The Morgan fingerprint density at radius 1 is 1.10 bits per heavy atom. The first-order valence-corrected chi connectivity index (χ1v) is 2.88. The summed E-state index contributed by atoms with van der Waals surface area (Å²) in [6.45, 7) is -1.50. The Bertz CT molecular complexity index is 76.4. The molecule has 0 saturated carbocycles. The van der Waals surface area contributed by atoms with E-state index in [1.807, 2.05) is 0 Å². The predicted octanol–water partition coefficient (Wildman–Crippen LogP) is -2.33. The Balaban J connectivity index is 3.56. The van der Waals surface area contributed by atoms with E-state index in [1.54, 1.807) is 0 Å². The molecule has 0 fully saturated rings. The van der Waals surface area contributed by atoms with Gasteiger partial charge in [-0.25, -0.2) is 0 Å². The van der Waals surface area contributed by atoms with Crippen molar-refractivity contribution in [3.8, 4) is 0 Å². The van der Waals surface area contributed by atoms with Gasteiger partial charge < -0.3 is 25.2 Å². The molecule has 0 aromatic rings. The molecule has 0 amide bonds. The zero-order chi connectivity index (χ0) is 7.98. The van der Waals surface area contributed by atoms with Crippen LogP contribution in [0.2, 0.25) is 0 Å². The fourth-order valence-corrected chi connectivity index (χ4v) is 0.499. The quantitative estimate of drug-likeness (QED) is 0.332. The number of ether oxygens (including phenoxy) is 1. The first kappa shape index (κ1) is 9.80. The number of hydrogen-bond acceptors (Lipinski definition) is 5. The van der Waals surface area contributed by atoms with Crippen molar-refractivity contribution in [1.29, 1.82) is 0 Å². The van der Waals surface area contributed by atoms with Crippen molar-refractivity contribution >= 4 is 0 Å². The van der Waals surface area contributed by atoms with E-state index in [-0.39, 0.29) is 0 Å².